The first-order valence-electron chi connectivity index (χ1n) is 6.25. The molecule has 2 rings (SSSR count). The number of halogens is 1. The van der Waals surface area contributed by atoms with Crippen molar-refractivity contribution in [3.05, 3.63) is 46.7 Å². The molecule has 4 nitrogen and oxygen atoms in total. The molecule has 0 bridgehead atoms. The van der Waals surface area contributed by atoms with Crippen LogP contribution in [0.25, 0.3) is 0 Å². The van der Waals surface area contributed by atoms with Crippen LogP contribution >= 0.6 is 11.6 Å². The first-order chi connectivity index (χ1) is 9.19. The van der Waals surface area contributed by atoms with E-state index in [9.17, 15) is 0 Å². The van der Waals surface area contributed by atoms with Crippen molar-refractivity contribution in [2.24, 2.45) is 7.05 Å². The molecule has 2 aromatic rings. The maximum Gasteiger partial charge on any atom is 0.124 e. The highest BCUT2D eigenvalue weighted by Crippen LogP contribution is 2.32. The molecule has 5 heteroatoms. The van der Waals surface area contributed by atoms with Crippen LogP contribution in [0.5, 0.6) is 5.75 Å². The van der Waals surface area contributed by atoms with Gasteiger partial charge in [-0.1, -0.05) is 29.8 Å². The summed E-state index contributed by atoms with van der Waals surface area (Å²) >= 11 is 6.23. The summed E-state index contributed by atoms with van der Waals surface area (Å²) in [7, 11) is 3.78. The molecule has 102 valence electrons. The molecule has 0 fully saturated rings. The smallest absolute Gasteiger partial charge is 0.124 e. The molecule has 0 aliphatic rings. The maximum absolute atomic E-state index is 6.23. The van der Waals surface area contributed by atoms with Gasteiger partial charge in [-0.05, 0) is 20.0 Å². The first kappa shape index (κ1) is 13.9. The van der Waals surface area contributed by atoms with Crippen molar-refractivity contribution in [2.75, 3.05) is 13.7 Å². The number of nitrogens with zero attached hydrogens (tertiary/aromatic N) is 2. The Labute approximate surface area is 118 Å². The van der Waals surface area contributed by atoms with Crippen molar-refractivity contribution in [2.45, 2.75) is 13.0 Å². The first-order valence-corrected chi connectivity index (χ1v) is 6.63. The van der Waals surface area contributed by atoms with Crippen LogP contribution in [0.2, 0.25) is 5.02 Å². The van der Waals surface area contributed by atoms with Gasteiger partial charge in [-0.2, -0.15) is 5.10 Å². The van der Waals surface area contributed by atoms with E-state index in [1.165, 1.54) is 0 Å². The molecule has 1 aromatic carbocycles. The van der Waals surface area contributed by atoms with Crippen LogP contribution in [0, 0.1) is 0 Å². The third-order valence-electron chi connectivity index (χ3n) is 3.03. The third kappa shape index (κ3) is 2.74. The van der Waals surface area contributed by atoms with Crippen molar-refractivity contribution in [3.63, 3.8) is 0 Å². The van der Waals surface area contributed by atoms with E-state index in [0.29, 0.717) is 11.6 Å². The van der Waals surface area contributed by atoms with E-state index in [0.717, 1.165) is 17.0 Å². The quantitative estimate of drug-likeness (QED) is 0.915. The third-order valence-corrected chi connectivity index (χ3v) is 3.32. The minimum Gasteiger partial charge on any atom is -0.494 e. The Balaban J connectivity index is 2.48. The Kier molecular flexibility index (Phi) is 4.45. The summed E-state index contributed by atoms with van der Waals surface area (Å²) < 4.78 is 7.47. The molecule has 0 aliphatic heterocycles. The van der Waals surface area contributed by atoms with Crippen LogP contribution in [0.3, 0.4) is 0 Å². The second-order valence-corrected chi connectivity index (χ2v) is 4.60. The second kappa shape index (κ2) is 6.08. The molecular formula is C14H18ClN3O. The van der Waals surface area contributed by atoms with Crippen molar-refractivity contribution < 1.29 is 4.74 Å². The Hall–Kier alpha value is -1.52. The van der Waals surface area contributed by atoms with Crippen LogP contribution < -0.4 is 10.1 Å². The van der Waals surface area contributed by atoms with Crippen molar-refractivity contribution in [3.8, 4) is 5.75 Å². The van der Waals surface area contributed by atoms with Gasteiger partial charge in [0.05, 0.1) is 29.6 Å². The van der Waals surface area contributed by atoms with Crippen molar-refractivity contribution in [1.82, 2.24) is 15.1 Å². The second-order valence-electron chi connectivity index (χ2n) is 4.19. The zero-order valence-electron chi connectivity index (χ0n) is 11.4. The van der Waals surface area contributed by atoms with Crippen LogP contribution in [-0.4, -0.2) is 23.4 Å². The number of rotatable bonds is 5. The zero-order chi connectivity index (χ0) is 13.8. The molecule has 0 saturated carbocycles. The lowest BCUT2D eigenvalue weighted by atomic mass is 10.0. The van der Waals surface area contributed by atoms with E-state index in [4.69, 9.17) is 16.3 Å². The maximum atomic E-state index is 6.23. The average molecular weight is 280 g/mol. The van der Waals surface area contributed by atoms with Gasteiger partial charge in [0.25, 0.3) is 0 Å². The predicted octanol–water partition coefficient (Wildman–Crippen LogP) is 2.78. The van der Waals surface area contributed by atoms with Gasteiger partial charge in [0.2, 0.25) is 0 Å². The Morgan fingerprint density at radius 1 is 1.42 bits per heavy atom. The lowest BCUT2D eigenvalue weighted by molar-refractivity contribution is 0.333. The number of aromatic nitrogens is 2. The number of hydrogen-bond acceptors (Lipinski definition) is 3. The monoisotopic (exact) mass is 279 g/mol. The standard InChI is InChI=1S/C14H18ClN3O/c1-4-19-12-8-6-5-7-10(12)13(16-2)14-11(15)9-17-18(14)3/h5-9,13,16H,4H2,1-3H3. The highest BCUT2D eigenvalue weighted by Gasteiger charge is 2.22. The molecule has 0 spiro atoms. The van der Waals surface area contributed by atoms with Gasteiger partial charge in [0.15, 0.2) is 0 Å². The molecule has 1 unspecified atom stereocenters. The van der Waals surface area contributed by atoms with Gasteiger partial charge in [0, 0.05) is 12.6 Å². The minimum atomic E-state index is -0.0530. The van der Waals surface area contributed by atoms with E-state index < -0.39 is 0 Å². The van der Waals surface area contributed by atoms with Gasteiger partial charge in [-0.25, -0.2) is 0 Å². The largest absolute Gasteiger partial charge is 0.494 e. The molecule has 1 aromatic heterocycles. The summed E-state index contributed by atoms with van der Waals surface area (Å²) in [6.07, 6.45) is 1.66. The molecule has 0 amide bonds. The lowest BCUT2D eigenvalue weighted by Gasteiger charge is -2.20. The van der Waals surface area contributed by atoms with Crippen molar-refractivity contribution >= 4 is 11.6 Å². The minimum absolute atomic E-state index is 0.0530. The van der Waals surface area contributed by atoms with Gasteiger partial charge in [0.1, 0.15) is 5.75 Å². The molecule has 1 N–H and O–H groups in total. The number of para-hydroxylation sites is 1. The van der Waals surface area contributed by atoms with E-state index in [-0.39, 0.29) is 6.04 Å². The summed E-state index contributed by atoms with van der Waals surface area (Å²) in [5.74, 6) is 0.863. The molecular weight excluding hydrogens is 262 g/mol. The number of ether oxygens (including phenoxy) is 1. The summed E-state index contributed by atoms with van der Waals surface area (Å²) in [6, 6.07) is 7.91. The number of aryl methyl sites for hydroxylation is 1. The molecule has 0 radical (unpaired) electrons. The zero-order valence-corrected chi connectivity index (χ0v) is 12.1. The van der Waals surface area contributed by atoms with Crippen LogP contribution in [0.15, 0.2) is 30.5 Å². The SMILES string of the molecule is CCOc1ccccc1C(NC)c1c(Cl)cnn1C. The molecule has 19 heavy (non-hydrogen) atoms. The molecule has 0 aliphatic carbocycles. The fraction of sp³-hybridized carbons (Fsp3) is 0.357. The van der Waals surface area contributed by atoms with Crippen molar-refractivity contribution in [1.29, 1.82) is 0 Å². The normalized spacial score (nSPS) is 12.4. The van der Waals surface area contributed by atoms with Gasteiger partial charge < -0.3 is 10.1 Å². The van der Waals surface area contributed by atoms with Crippen LogP contribution in [0.1, 0.15) is 24.2 Å². The molecule has 1 atom stereocenters. The summed E-state index contributed by atoms with van der Waals surface area (Å²) in [5.41, 5.74) is 1.98. The van der Waals surface area contributed by atoms with E-state index >= 15 is 0 Å². The Morgan fingerprint density at radius 2 is 2.16 bits per heavy atom. The number of hydrogen-bond donors (Lipinski definition) is 1. The lowest BCUT2D eigenvalue weighted by Crippen LogP contribution is -2.21. The molecule has 1 heterocycles. The molecule has 0 saturated heterocycles. The number of nitrogens with one attached hydrogen (secondary N) is 1. The number of benzene rings is 1. The Bertz CT molecular complexity index is 534. The van der Waals surface area contributed by atoms with Crippen LogP contribution in [-0.2, 0) is 7.05 Å². The van der Waals surface area contributed by atoms with Crippen LogP contribution in [0.4, 0.5) is 0 Å². The van der Waals surface area contributed by atoms with Gasteiger partial charge in [-0.15, -0.1) is 0 Å². The topological polar surface area (TPSA) is 39.1 Å². The summed E-state index contributed by atoms with van der Waals surface area (Å²) in [6.45, 7) is 2.61. The van der Waals surface area contributed by atoms with E-state index in [1.807, 2.05) is 45.3 Å². The summed E-state index contributed by atoms with van der Waals surface area (Å²) in [4.78, 5) is 0. The average Bonchev–Trinajstić information content (AvgIpc) is 2.74. The van der Waals surface area contributed by atoms with Gasteiger partial charge >= 0.3 is 0 Å². The summed E-state index contributed by atoms with van der Waals surface area (Å²) in [5, 5.41) is 8.11. The highest BCUT2D eigenvalue weighted by atomic mass is 35.5. The Morgan fingerprint density at radius 3 is 2.74 bits per heavy atom. The fourth-order valence-electron chi connectivity index (χ4n) is 2.19. The predicted molar refractivity (Wildman–Crippen MR) is 76.7 cm³/mol. The van der Waals surface area contributed by atoms with E-state index in [1.54, 1.807) is 10.9 Å². The van der Waals surface area contributed by atoms with E-state index in [2.05, 4.69) is 10.4 Å². The fourth-order valence-corrected chi connectivity index (χ4v) is 2.47. The highest BCUT2D eigenvalue weighted by molar-refractivity contribution is 6.31. The van der Waals surface area contributed by atoms with Gasteiger partial charge in [-0.3, -0.25) is 4.68 Å².